The molecule has 5 nitrogen and oxygen atoms in total. The smallest absolute Gasteiger partial charge is 0.250 e. The van der Waals surface area contributed by atoms with Crippen LogP contribution < -0.4 is 4.72 Å². The fourth-order valence-electron chi connectivity index (χ4n) is 1.58. The molecule has 0 aliphatic heterocycles. The minimum Gasteiger partial charge on any atom is -0.396 e. The van der Waals surface area contributed by atoms with Crippen LogP contribution in [0, 0.1) is 0 Å². The fraction of sp³-hybridized carbons (Fsp3) is 0.667. The topological polar surface area (TPSA) is 69.6 Å². The van der Waals surface area contributed by atoms with E-state index in [0.29, 0.717) is 10.6 Å². The van der Waals surface area contributed by atoms with Gasteiger partial charge in [0.05, 0.1) is 0 Å². The zero-order valence-corrected chi connectivity index (χ0v) is 13.2. The Bertz CT molecular complexity index is 483. The van der Waals surface area contributed by atoms with Crippen LogP contribution in [0.15, 0.2) is 16.3 Å². The summed E-state index contributed by atoms with van der Waals surface area (Å²) in [5.74, 6) is 0. The molecule has 0 saturated heterocycles. The highest BCUT2D eigenvalue weighted by Crippen LogP contribution is 2.22. The van der Waals surface area contributed by atoms with Crippen LogP contribution in [0.25, 0.3) is 0 Å². The maximum Gasteiger partial charge on any atom is 0.250 e. The Balaban J connectivity index is 2.64. The van der Waals surface area contributed by atoms with Gasteiger partial charge in [-0.1, -0.05) is 0 Å². The van der Waals surface area contributed by atoms with Crippen LogP contribution >= 0.6 is 11.3 Å². The lowest BCUT2D eigenvalue weighted by molar-refractivity contribution is 0.300. The Kier molecular flexibility index (Phi) is 6.41. The summed E-state index contributed by atoms with van der Waals surface area (Å²) in [6, 6.07) is 3.24. The van der Waals surface area contributed by atoms with E-state index < -0.39 is 10.0 Å². The third-order valence-electron chi connectivity index (χ3n) is 2.63. The largest absolute Gasteiger partial charge is 0.396 e. The highest BCUT2D eigenvalue weighted by molar-refractivity contribution is 7.91. The van der Waals surface area contributed by atoms with Crippen molar-refractivity contribution in [2.24, 2.45) is 0 Å². The van der Waals surface area contributed by atoms with E-state index in [9.17, 15) is 8.42 Å². The number of hydrogen-bond donors (Lipinski definition) is 2. The highest BCUT2D eigenvalue weighted by Gasteiger charge is 2.19. The first-order valence-corrected chi connectivity index (χ1v) is 8.51. The predicted molar refractivity (Wildman–Crippen MR) is 78.1 cm³/mol. The maximum absolute atomic E-state index is 12.1. The van der Waals surface area contributed by atoms with Crippen molar-refractivity contribution in [3.05, 3.63) is 17.0 Å². The molecule has 0 spiro atoms. The second-order valence-corrected chi connectivity index (χ2v) is 7.92. The molecule has 0 bridgehead atoms. The molecular formula is C12H22N2O3S2. The molecular weight excluding hydrogens is 284 g/mol. The molecule has 0 amide bonds. The molecule has 0 aliphatic carbocycles. The van der Waals surface area contributed by atoms with E-state index in [1.165, 1.54) is 11.3 Å². The van der Waals surface area contributed by atoms with Gasteiger partial charge in [-0.3, -0.25) is 0 Å². The quantitative estimate of drug-likeness (QED) is 0.749. The van der Waals surface area contributed by atoms with E-state index in [4.69, 9.17) is 5.11 Å². The minimum absolute atomic E-state index is 0.0344. The van der Waals surface area contributed by atoms with Crippen LogP contribution in [0.3, 0.4) is 0 Å². The summed E-state index contributed by atoms with van der Waals surface area (Å²) in [5.41, 5.74) is 0. The third kappa shape index (κ3) is 5.58. The molecule has 1 heterocycles. The molecule has 110 valence electrons. The number of rotatable bonds is 8. The van der Waals surface area contributed by atoms with E-state index >= 15 is 0 Å². The Labute approximate surface area is 119 Å². The van der Waals surface area contributed by atoms with E-state index in [-0.39, 0.29) is 12.6 Å². The van der Waals surface area contributed by atoms with Crippen LogP contribution in [0.4, 0.5) is 0 Å². The van der Waals surface area contributed by atoms with Gasteiger partial charge >= 0.3 is 0 Å². The standard InChI is InChI=1S/C12H22N2O3S2/c1-10(6-8-14(2)3)13-19(16,17)12-5-4-11(18-12)7-9-15/h4-5,10,13,15H,6-9H2,1-3H3. The number of sulfonamides is 1. The first kappa shape index (κ1) is 16.6. The van der Waals surface area contributed by atoms with Gasteiger partial charge in [-0.15, -0.1) is 11.3 Å². The molecule has 1 rings (SSSR count). The van der Waals surface area contributed by atoms with Crippen molar-refractivity contribution in [2.75, 3.05) is 27.2 Å². The molecule has 0 radical (unpaired) electrons. The lowest BCUT2D eigenvalue weighted by atomic mass is 10.2. The Hall–Kier alpha value is -0.470. The highest BCUT2D eigenvalue weighted by atomic mass is 32.2. The molecule has 0 aliphatic rings. The Morgan fingerprint density at radius 2 is 2.11 bits per heavy atom. The van der Waals surface area contributed by atoms with Crippen LogP contribution in [0.1, 0.15) is 18.2 Å². The van der Waals surface area contributed by atoms with Gasteiger partial charge in [0.25, 0.3) is 0 Å². The Morgan fingerprint density at radius 1 is 1.42 bits per heavy atom. The normalized spacial score (nSPS) is 13.9. The molecule has 1 aromatic heterocycles. The summed E-state index contributed by atoms with van der Waals surface area (Å²) in [5, 5.41) is 8.84. The second kappa shape index (κ2) is 7.35. The van der Waals surface area contributed by atoms with Crippen molar-refractivity contribution in [3.63, 3.8) is 0 Å². The number of aliphatic hydroxyl groups is 1. The van der Waals surface area contributed by atoms with Crippen LogP contribution in [0.2, 0.25) is 0 Å². The molecule has 19 heavy (non-hydrogen) atoms. The number of thiophene rings is 1. The van der Waals surface area contributed by atoms with Gasteiger partial charge in [-0.25, -0.2) is 13.1 Å². The molecule has 0 fully saturated rings. The zero-order valence-electron chi connectivity index (χ0n) is 11.6. The molecule has 2 N–H and O–H groups in total. The maximum atomic E-state index is 12.1. The van der Waals surface area contributed by atoms with E-state index in [2.05, 4.69) is 4.72 Å². The van der Waals surface area contributed by atoms with E-state index in [0.717, 1.165) is 17.8 Å². The Morgan fingerprint density at radius 3 is 2.68 bits per heavy atom. The molecule has 0 saturated carbocycles. The van der Waals surface area contributed by atoms with Crippen molar-refractivity contribution in [3.8, 4) is 0 Å². The number of hydrogen-bond acceptors (Lipinski definition) is 5. The average Bonchev–Trinajstić information content (AvgIpc) is 2.76. The molecule has 1 aromatic rings. The van der Waals surface area contributed by atoms with Gasteiger partial charge in [0.1, 0.15) is 4.21 Å². The first-order valence-electron chi connectivity index (χ1n) is 6.22. The molecule has 1 unspecified atom stereocenters. The van der Waals surface area contributed by atoms with Crippen molar-refractivity contribution in [2.45, 2.75) is 30.0 Å². The van der Waals surface area contributed by atoms with Crippen molar-refractivity contribution >= 4 is 21.4 Å². The SMILES string of the molecule is CC(CCN(C)C)NS(=O)(=O)c1ccc(CCO)s1. The van der Waals surface area contributed by atoms with Crippen molar-refractivity contribution in [1.29, 1.82) is 0 Å². The van der Waals surface area contributed by atoms with Gasteiger partial charge < -0.3 is 10.0 Å². The van der Waals surface area contributed by atoms with Gasteiger partial charge in [0.2, 0.25) is 10.0 Å². The molecule has 7 heteroatoms. The average molecular weight is 306 g/mol. The molecule has 0 aromatic carbocycles. The van der Waals surface area contributed by atoms with Gasteiger partial charge in [0, 0.05) is 23.9 Å². The minimum atomic E-state index is -3.44. The van der Waals surface area contributed by atoms with E-state index in [1.54, 1.807) is 12.1 Å². The first-order chi connectivity index (χ1) is 8.85. The lowest BCUT2D eigenvalue weighted by Gasteiger charge is -2.16. The fourth-order valence-corrected chi connectivity index (χ4v) is 4.22. The predicted octanol–water partition coefficient (Wildman–Crippen LogP) is 0.901. The number of nitrogens with zero attached hydrogens (tertiary/aromatic N) is 1. The summed E-state index contributed by atoms with van der Waals surface area (Å²) in [7, 11) is 0.483. The summed E-state index contributed by atoms with van der Waals surface area (Å²) in [6.45, 7) is 2.74. The van der Waals surface area contributed by atoms with Gasteiger partial charge in [-0.2, -0.15) is 0 Å². The van der Waals surface area contributed by atoms with Crippen LogP contribution in [-0.2, 0) is 16.4 Å². The monoisotopic (exact) mass is 306 g/mol. The summed E-state index contributed by atoms with van der Waals surface area (Å²) < 4.78 is 27.2. The second-order valence-electron chi connectivity index (χ2n) is 4.81. The summed E-state index contributed by atoms with van der Waals surface area (Å²) in [6.07, 6.45) is 1.26. The van der Waals surface area contributed by atoms with Crippen LogP contribution in [-0.4, -0.2) is 51.7 Å². The summed E-state index contributed by atoms with van der Waals surface area (Å²) in [4.78, 5) is 2.90. The van der Waals surface area contributed by atoms with Gasteiger partial charge in [0.15, 0.2) is 0 Å². The van der Waals surface area contributed by atoms with Gasteiger partial charge in [-0.05, 0) is 46.1 Å². The summed E-state index contributed by atoms with van der Waals surface area (Å²) >= 11 is 1.21. The number of aliphatic hydroxyl groups excluding tert-OH is 1. The third-order valence-corrected chi connectivity index (χ3v) is 5.85. The zero-order chi connectivity index (χ0) is 14.5. The van der Waals surface area contributed by atoms with Crippen molar-refractivity contribution < 1.29 is 13.5 Å². The molecule has 1 atom stereocenters. The number of nitrogens with one attached hydrogen (secondary N) is 1. The van der Waals surface area contributed by atoms with E-state index in [1.807, 2.05) is 25.9 Å². The van der Waals surface area contributed by atoms with Crippen LogP contribution in [0.5, 0.6) is 0 Å². The lowest BCUT2D eigenvalue weighted by Crippen LogP contribution is -2.34. The van der Waals surface area contributed by atoms with Crippen molar-refractivity contribution in [1.82, 2.24) is 9.62 Å².